The van der Waals surface area contributed by atoms with Crippen LogP contribution in [0.4, 0.5) is 5.82 Å². The van der Waals surface area contributed by atoms with Crippen LogP contribution in [0.5, 0.6) is 11.5 Å². The Bertz CT molecular complexity index is 552. The number of pyridine rings is 1. The second kappa shape index (κ2) is 5.18. The summed E-state index contributed by atoms with van der Waals surface area (Å²) in [6.45, 7) is 0. The van der Waals surface area contributed by atoms with Crippen molar-refractivity contribution in [3.05, 3.63) is 48.2 Å². The molecular formula is C13H12N2O3. The fourth-order valence-electron chi connectivity index (χ4n) is 1.41. The van der Waals surface area contributed by atoms with E-state index in [2.05, 4.69) is 10.3 Å². The SMILES string of the molecule is COc1ccnc(NC(=O)c2ccc(O)cc2)c1. The van der Waals surface area contributed by atoms with Crippen molar-refractivity contribution in [2.24, 2.45) is 0 Å². The Morgan fingerprint density at radius 3 is 2.67 bits per heavy atom. The number of ether oxygens (including phenoxy) is 1. The van der Waals surface area contributed by atoms with E-state index >= 15 is 0 Å². The van der Waals surface area contributed by atoms with Gasteiger partial charge < -0.3 is 15.2 Å². The highest BCUT2D eigenvalue weighted by Crippen LogP contribution is 2.15. The molecule has 0 aliphatic rings. The van der Waals surface area contributed by atoms with Crippen molar-refractivity contribution in [2.45, 2.75) is 0 Å². The summed E-state index contributed by atoms with van der Waals surface area (Å²) < 4.78 is 5.03. The summed E-state index contributed by atoms with van der Waals surface area (Å²) in [4.78, 5) is 15.9. The van der Waals surface area contributed by atoms with Gasteiger partial charge >= 0.3 is 0 Å². The number of methoxy groups -OCH3 is 1. The second-order valence-corrected chi connectivity index (χ2v) is 3.58. The summed E-state index contributed by atoms with van der Waals surface area (Å²) in [6, 6.07) is 9.28. The van der Waals surface area contributed by atoms with Crippen LogP contribution in [0.1, 0.15) is 10.4 Å². The highest BCUT2D eigenvalue weighted by Gasteiger charge is 2.07. The lowest BCUT2D eigenvalue weighted by Gasteiger charge is -2.06. The lowest BCUT2D eigenvalue weighted by atomic mass is 10.2. The lowest BCUT2D eigenvalue weighted by molar-refractivity contribution is 0.102. The maximum Gasteiger partial charge on any atom is 0.256 e. The van der Waals surface area contributed by atoms with Gasteiger partial charge in [0, 0.05) is 17.8 Å². The number of amides is 1. The summed E-state index contributed by atoms with van der Waals surface area (Å²) in [6.07, 6.45) is 1.55. The maximum absolute atomic E-state index is 11.9. The first kappa shape index (κ1) is 11.9. The van der Waals surface area contributed by atoms with Crippen molar-refractivity contribution >= 4 is 11.7 Å². The summed E-state index contributed by atoms with van der Waals surface area (Å²) >= 11 is 0. The van der Waals surface area contributed by atoms with Gasteiger partial charge in [-0.15, -0.1) is 0 Å². The zero-order valence-corrected chi connectivity index (χ0v) is 9.75. The molecule has 0 radical (unpaired) electrons. The topological polar surface area (TPSA) is 71.5 Å². The number of phenolic OH excluding ortho intramolecular Hbond substituents is 1. The van der Waals surface area contributed by atoms with E-state index in [4.69, 9.17) is 9.84 Å². The van der Waals surface area contributed by atoms with E-state index < -0.39 is 0 Å². The van der Waals surface area contributed by atoms with Gasteiger partial charge in [0.2, 0.25) is 0 Å². The lowest BCUT2D eigenvalue weighted by Crippen LogP contribution is -2.12. The number of benzene rings is 1. The summed E-state index contributed by atoms with van der Waals surface area (Å²) in [5.41, 5.74) is 0.442. The number of anilines is 1. The molecule has 0 unspecified atom stereocenters. The Morgan fingerprint density at radius 1 is 1.28 bits per heavy atom. The molecule has 0 bridgehead atoms. The first-order chi connectivity index (χ1) is 8.69. The van der Waals surface area contributed by atoms with Gasteiger partial charge in [-0.2, -0.15) is 0 Å². The Labute approximate surface area is 104 Å². The minimum Gasteiger partial charge on any atom is -0.508 e. The van der Waals surface area contributed by atoms with Crippen LogP contribution < -0.4 is 10.1 Å². The van der Waals surface area contributed by atoms with Crippen LogP contribution in [-0.2, 0) is 0 Å². The van der Waals surface area contributed by atoms with Gasteiger partial charge in [-0.3, -0.25) is 4.79 Å². The van der Waals surface area contributed by atoms with Crippen molar-refractivity contribution in [2.75, 3.05) is 12.4 Å². The van der Waals surface area contributed by atoms with E-state index in [1.165, 1.54) is 24.3 Å². The van der Waals surface area contributed by atoms with Crippen molar-refractivity contribution in [1.82, 2.24) is 4.98 Å². The molecule has 0 atom stereocenters. The quantitative estimate of drug-likeness (QED) is 0.866. The van der Waals surface area contributed by atoms with Gasteiger partial charge in [-0.1, -0.05) is 0 Å². The predicted molar refractivity (Wildman–Crippen MR) is 66.8 cm³/mol. The Morgan fingerprint density at radius 2 is 2.00 bits per heavy atom. The van der Waals surface area contributed by atoms with E-state index in [0.29, 0.717) is 17.1 Å². The number of nitrogens with one attached hydrogen (secondary N) is 1. The van der Waals surface area contributed by atoms with Crippen molar-refractivity contribution in [3.63, 3.8) is 0 Å². The number of rotatable bonds is 3. The van der Waals surface area contributed by atoms with Gasteiger partial charge in [0.25, 0.3) is 5.91 Å². The molecule has 1 heterocycles. The number of carbonyl (C=O) groups excluding carboxylic acids is 1. The van der Waals surface area contributed by atoms with E-state index in [1.807, 2.05) is 0 Å². The number of carbonyl (C=O) groups is 1. The molecule has 5 nitrogen and oxygen atoms in total. The fourth-order valence-corrected chi connectivity index (χ4v) is 1.41. The van der Waals surface area contributed by atoms with Crippen molar-refractivity contribution in [3.8, 4) is 11.5 Å². The molecule has 0 spiro atoms. The molecule has 5 heteroatoms. The number of aromatic hydroxyl groups is 1. The number of aromatic nitrogens is 1. The summed E-state index contributed by atoms with van der Waals surface area (Å²) in [5, 5.41) is 11.8. The highest BCUT2D eigenvalue weighted by molar-refractivity contribution is 6.03. The van der Waals surface area contributed by atoms with Crippen LogP contribution in [0.2, 0.25) is 0 Å². The van der Waals surface area contributed by atoms with Gasteiger partial charge in [0.05, 0.1) is 7.11 Å². The first-order valence-corrected chi connectivity index (χ1v) is 5.29. The average molecular weight is 244 g/mol. The molecular weight excluding hydrogens is 232 g/mol. The van der Waals surface area contributed by atoms with Gasteiger partial charge in [-0.05, 0) is 30.3 Å². The van der Waals surface area contributed by atoms with Crippen LogP contribution in [0.15, 0.2) is 42.6 Å². The van der Waals surface area contributed by atoms with E-state index in [9.17, 15) is 4.79 Å². The Kier molecular flexibility index (Phi) is 3.43. The second-order valence-electron chi connectivity index (χ2n) is 3.58. The third-order valence-corrected chi connectivity index (χ3v) is 2.34. The van der Waals surface area contributed by atoms with E-state index in [0.717, 1.165) is 0 Å². The smallest absolute Gasteiger partial charge is 0.256 e. The first-order valence-electron chi connectivity index (χ1n) is 5.29. The molecule has 0 aliphatic carbocycles. The molecule has 0 fully saturated rings. The minimum atomic E-state index is -0.296. The molecule has 18 heavy (non-hydrogen) atoms. The Hall–Kier alpha value is -2.56. The molecule has 1 aromatic heterocycles. The van der Waals surface area contributed by atoms with E-state index in [-0.39, 0.29) is 11.7 Å². The van der Waals surface area contributed by atoms with E-state index in [1.54, 1.807) is 25.4 Å². The maximum atomic E-state index is 11.9. The molecule has 0 aliphatic heterocycles. The number of hydrogen-bond donors (Lipinski definition) is 2. The zero-order valence-electron chi connectivity index (χ0n) is 9.75. The van der Waals surface area contributed by atoms with Crippen molar-refractivity contribution in [1.29, 1.82) is 0 Å². The van der Waals surface area contributed by atoms with Gasteiger partial charge in [-0.25, -0.2) is 4.98 Å². The van der Waals surface area contributed by atoms with Crippen molar-refractivity contribution < 1.29 is 14.6 Å². The number of hydrogen-bond acceptors (Lipinski definition) is 4. The molecule has 1 aromatic carbocycles. The summed E-state index contributed by atoms with van der Waals surface area (Å²) in [5.74, 6) is 0.847. The van der Waals surface area contributed by atoms with Gasteiger partial charge in [0.1, 0.15) is 17.3 Å². The third-order valence-electron chi connectivity index (χ3n) is 2.34. The van der Waals surface area contributed by atoms with Crippen LogP contribution >= 0.6 is 0 Å². The van der Waals surface area contributed by atoms with Crippen LogP contribution in [0, 0.1) is 0 Å². The molecule has 2 N–H and O–H groups in total. The monoisotopic (exact) mass is 244 g/mol. The standard InChI is InChI=1S/C13H12N2O3/c1-18-11-6-7-14-12(8-11)15-13(17)9-2-4-10(16)5-3-9/h2-8,16H,1H3,(H,14,15,17). The fraction of sp³-hybridized carbons (Fsp3) is 0.0769. The summed E-state index contributed by atoms with van der Waals surface area (Å²) in [7, 11) is 1.54. The van der Waals surface area contributed by atoms with Crippen LogP contribution in [0.3, 0.4) is 0 Å². The zero-order chi connectivity index (χ0) is 13.0. The van der Waals surface area contributed by atoms with Gasteiger partial charge in [0.15, 0.2) is 0 Å². The predicted octanol–water partition coefficient (Wildman–Crippen LogP) is 2.05. The third kappa shape index (κ3) is 2.76. The minimum absolute atomic E-state index is 0.117. The molecule has 1 amide bonds. The largest absolute Gasteiger partial charge is 0.508 e. The molecule has 92 valence electrons. The molecule has 0 saturated carbocycles. The normalized spacial score (nSPS) is 9.83. The molecule has 2 rings (SSSR count). The highest BCUT2D eigenvalue weighted by atomic mass is 16.5. The number of phenols is 1. The molecule has 0 saturated heterocycles. The number of nitrogens with zero attached hydrogens (tertiary/aromatic N) is 1. The Balaban J connectivity index is 2.13. The van der Waals surface area contributed by atoms with Crippen LogP contribution in [0.25, 0.3) is 0 Å². The van der Waals surface area contributed by atoms with Crippen LogP contribution in [-0.4, -0.2) is 23.1 Å². The molecule has 2 aromatic rings. The average Bonchev–Trinajstić information content (AvgIpc) is 2.39.